The molecule has 4 atom stereocenters. The van der Waals surface area contributed by atoms with E-state index in [2.05, 4.69) is 6.92 Å². The topological polar surface area (TPSA) is 74.6 Å². The zero-order valence-corrected chi connectivity index (χ0v) is 16.2. The summed E-state index contributed by atoms with van der Waals surface area (Å²) in [6.45, 7) is 5.93. The number of hydrogen-bond acceptors (Lipinski definition) is 3. The maximum absolute atomic E-state index is 12.5. The Morgan fingerprint density at radius 2 is 1.96 bits per heavy atom. The third kappa shape index (κ3) is 5.06. The molecular formula is C21H36O4. The molecule has 0 bridgehead atoms. The predicted molar refractivity (Wildman–Crippen MR) is 98.3 cm³/mol. The van der Waals surface area contributed by atoms with Crippen LogP contribution < -0.4 is 0 Å². The molecule has 4 unspecified atom stereocenters. The van der Waals surface area contributed by atoms with Crippen LogP contribution in [0.25, 0.3) is 0 Å². The van der Waals surface area contributed by atoms with Gasteiger partial charge in [-0.1, -0.05) is 26.2 Å². The van der Waals surface area contributed by atoms with Crippen molar-refractivity contribution in [3.63, 3.8) is 0 Å². The fraction of sp³-hybridized carbons (Fsp3) is 0.905. The van der Waals surface area contributed by atoms with Crippen molar-refractivity contribution in [3.8, 4) is 0 Å². The Morgan fingerprint density at radius 1 is 1.28 bits per heavy atom. The van der Waals surface area contributed by atoms with Crippen LogP contribution in [0.1, 0.15) is 91.4 Å². The Kier molecular flexibility index (Phi) is 6.69. The number of Topliss-reactive ketones (excluding diaryl/α,β-unsaturated/α-hetero) is 1. The van der Waals surface area contributed by atoms with Gasteiger partial charge < -0.3 is 10.2 Å². The molecule has 0 aliphatic heterocycles. The minimum absolute atomic E-state index is 0.104. The summed E-state index contributed by atoms with van der Waals surface area (Å²) in [6, 6.07) is 0. The molecule has 0 radical (unpaired) electrons. The molecule has 0 saturated heterocycles. The second-order valence-electron chi connectivity index (χ2n) is 9.18. The van der Waals surface area contributed by atoms with Gasteiger partial charge in [0, 0.05) is 18.8 Å². The van der Waals surface area contributed by atoms with Gasteiger partial charge in [-0.3, -0.25) is 9.59 Å². The number of carboxylic acids is 1. The van der Waals surface area contributed by atoms with Crippen molar-refractivity contribution in [2.45, 2.75) is 97.0 Å². The Labute approximate surface area is 152 Å². The molecule has 0 aromatic heterocycles. The van der Waals surface area contributed by atoms with Crippen LogP contribution in [0.2, 0.25) is 0 Å². The molecule has 0 aromatic carbocycles. The fourth-order valence-corrected chi connectivity index (χ4v) is 5.64. The average Bonchev–Trinajstić information content (AvgIpc) is 2.95. The largest absolute Gasteiger partial charge is 0.481 e. The molecule has 4 heteroatoms. The van der Waals surface area contributed by atoms with Crippen molar-refractivity contribution < 1.29 is 19.8 Å². The van der Waals surface area contributed by atoms with Gasteiger partial charge >= 0.3 is 5.97 Å². The molecule has 4 nitrogen and oxygen atoms in total. The SMILES string of the molecule is CC(C(CCCC(C)(C)O)CCC(=O)O)C12CCCC(=O)C1CCC2. The zero-order valence-electron chi connectivity index (χ0n) is 16.2. The lowest BCUT2D eigenvalue weighted by Gasteiger charge is -2.47. The molecule has 0 amide bonds. The first-order valence-corrected chi connectivity index (χ1v) is 10.1. The number of fused-ring (bicyclic) bond motifs is 1. The van der Waals surface area contributed by atoms with Gasteiger partial charge in [0.2, 0.25) is 0 Å². The van der Waals surface area contributed by atoms with E-state index in [0.717, 1.165) is 57.8 Å². The number of aliphatic carboxylic acids is 1. The summed E-state index contributed by atoms with van der Waals surface area (Å²) < 4.78 is 0. The van der Waals surface area contributed by atoms with Crippen molar-refractivity contribution in [1.29, 1.82) is 0 Å². The minimum atomic E-state index is -0.736. The zero-order chi connectivity index (χ0) is 18.7. The standard InChI is InChI=1S/C21H36O4/c1-15(21-13-5-8-17(21)18(22)9-6-14-21)16(10-11-19(23)24)7-4-12-20(2,3)25/h15-17,25H,4-14H2,1-3H3,(H,23,24). The summed E-state index contributed by atoms with van der Waals surface area (Å²) in [4.78, 5) is 23.6. The van der Waals surface area contributed by atoms with Crippen molar-refractivity contribution in [2.24, 2.45) is 23.2 Å². The number of carboxylic acid groups (broad SMARTS) is 1. The van der Waals surface area contributed by atoms with E-state index in [4.69, 9.17) is 5.11 Å². The Balaban J connectivity index is 2.10. The van der Waals surface area contributed by atoms with Gasteiger partial charge in [-0.25, -0.2) is 0 Å². The van der Waals surface area contributed by atoms with Crippen LogP contribution >= 0.6 is 0 Å². The summed E-state index contributed by atoms with van der Waals surface area (Å²) in [6.07, 6.45) is 9.62. The predicted octanol–water partition coefficient (Wildman–Crippen LogP) is 4.58. The molecule has 144 valence electrons. The quantitative estimate of drug-likeness (QED) is 0.637. The van der Waals surface area contributed by atoms with Crippen LogP contribution in [0.4, 0.5) is 0 Å². The van der Waals surface area contributed by atoms with Crippen LogP contribution in [0.3, 0.4) is 0 Å². The van der Waals surface area contributed by atoms with E-state index in [-0.39, 0.29) is 17.8 Å². The van der Waals surface area contributed by atoms with Crippen molar-refractivity contribution >= 4 is 11.8 Å². The molecule has 0 spiro atoms. The fourth-order valence-electron chi connectivity index (χ4n) is 5.64. The number of aliphatic hydroxyl groups is 1. The highest BCUT2D eigenvalue weighted by atomic mass is 16.4. The summed E-state index contributed by atoms with van der Waals surface area (Å²) >= 11 is 0. The monoisotopic (exact) mass is 352 g/mol. The average molecular weight is 353 g/mol. The van der Waals surface area contributed by atoms with Gasteiger partial charge in [0.25, 0.3) is 0 Å². The summed E-state index contributed by atoms with van der Waals surface area (Å²) in [7, 11) is 0. The molecule has 0 heterocycles. The van der Waals surface area contributed by atoms with Gasteiger partial charge in [0.1, 0.15) is 5.78 Å². The maximum Gasteiger partial charge on any atom is 0.303 e. The number of hydrogen-bond donors (Lipinski definition) is 2. The van der Waals surface area contributed by atoms with Crippen LogP contribution in [-0.2, 0) is 9.59 Å². The van der Waals surface area contributed by atoms with Gasteiger partial charge in [-0.15, -0.1) is 0 Å². The lowest BCUT2D eigenvalue weighted by molar-refractivity contribution is -0.138. The molecule has 2 saturated carbocycles. The second kappa shape index (κ2) is 8.20. The molecule has 0 aromatic rings. The molecule has 2 fully saturated rings. The maximum atomic E-state index is 12.5. The lowest BCUT2D eigenvalue weighted by atomic mass is 9.57. The van der Waals surface area contributed by atoms with Crippen molar-refractivity contribution in [2.75, 3.05) is 0 Å². The highest BCUT2D eigenvalue weighted by molar-refractivity contribution is 5.83. The molecular weight excluding hydrogens is 316 g/mol. The number of ketones is 1. The van der Waals surface area contributed by atoms with Gasteiger partial charge in [0.15, 0.2) is 0 Å². The van der Waals surface area contributed by atoms with Crippen LogP contribution in [0.5, 0.6) is 0 Å². The Morgan fingerprint density at radius 3 is 2.60 bits per heavy atom. The number of rotatable bonds is 9. The normalized spacial score (nSPS) is 29.3. The Hall–Kier alpha value is -0.900. The summed E-state index contributed by atoms with van der Waals surface area (Å²) in [5.74, 6) is 0.622. The first kappa shape index (κ1) is 20.4. The van der Waals surface area contributed by atoms with E-state index in [1.807, 2.05) is 13.8 Å². The van der Waals surface area contributed by atoms with Gasteiger partial charge in [-0.05, 0) is 69.6 Å². The van der Waals surface area contributed by atoms with Crippen molar-refractivity contribution in [3.05, 3.63) is 0 Å². The molecule has 2 N–H and O–H groups in total. The smallest absolute Gasteiger partial charge is 0.303 e. The summed E-state index contributed by atoms with van der Waals surface area (Å²) in [5.41, 5.74) is -0.567. The van der Waals surface area contributed by atoms with E-state index in [0.29, 0.717) is 24.0 Å². The van der Waals surface area contributed by atoms with E-state index in [9.17, 15) is 14.7 Å². The first-order chi connectivity index (χ1) is 11.7. The van der Waals surface area contributed by atoms with Crippen molar-refractivity contribution in [1.82, 2.24) is 0 Å². The molecule has 2 aliphatic carbocycles. The Bertz CT molecular complexity index is 479. The van der Waals surface area contributed by atoms with Gasteiger partial charge in [0.05, 0.1) is 5.60 Å². The van der Waals surface area contributed by atoms with Crippen LogP contribution in [0, 0.1) is 23.2 Å². The van der Waals surface area contributed by atoms with E-state index in [1.165, 1.54) is 0 Å². The van der Waals surface area contributed by atoms with E-state index < -0.39 is 11.6 Å². The highest BCUT2D eigenvalue weighted by Gasteiger charge is 2.52. The molecule has 2 rings (SSSR count). The molecule has 2 aliphatic rings. The van der Waals surface area contributed by atoms with Gasteiger partial charge in [-0.2, -0.15) is 0 Å². The second-order valence-corrected chi connectivity index (χ2v) is 9.18. The minimum Gasteiger partial charge on any atom is -0.481 e. The first-order valence-electron chi connectivity index (χ1n) is 10.1. The third-order valence-electron chi connectivity index (χ3n) is 6.99. The lowest BCUT2D eigenvalue weighted by Crippen LogP contribution is -2.43. The summed E-state index contributed by atoms with van der Waals surface area (Å²) in [5, 5.41) is 19.1. The van der Waals surface area contributed by atoms with Crippen LogP contribution in [-0.4, -0.2) is 27.6 Å². The number of carbonyl (C=O) groups excluding carboxylic acids is 1. The highest BCUT2D eigenvalue weighted by Crippen LogP contribution is 2.58. The molecule has 25 heavy (non-hydrogen) atoms. The number of carbonyl (C=O) groups is 2. The van der Waals surface area contributed by atoms with E-state index >= 15 is 0 Å². The van der Waals surface area contributed by atoms with E-state index in [1.54, 1.807) is 0 Å². The third-order valence-corrected chi connectivity index (χ3v) is 6.99. The van der Waals surface area contributed by atoms with Crippen LogP contribution in [0.15, 0.2) is 0 Å².